The van der Waals surface area contributed by atoms with Gasteiger partial charge in [0.25, 0.3) is 5.91 Å². The summed E-state index contributed by atoms with van der Waals surface area (Å²) in [6.45, 7) is 1.31. The molecular formula is C16H14N6O. The van der Waals surface area contributed by atoms with Crippen LogP contribution in [-0.4, -0.2) is 42.3 Å². The number of fused-ring (bicyclic) bond motifs is 1. The van der Waals surface area contributed by atoms with Gasteiger partial charge in [0.05, 0.1) is 0 Å². The van der Waals surface area contributed by atoms with E-state index in [1.807, 2.05) is 17.0 Å². The lowest BCUT2D eigenvalue weighted by atomic mass is 10.00. The highest BCUT2D eigenvalue weighted by Crippen LogP contribution is 2.19. The quantitative estimate of drug-likeness (QED) is 0.712. The maximum atomic E-state index is 12.6. The maximum absolute atomic E-state index is 12.6. The van der Waals surface area contributed by atoms with Gasteiger partial charge in [0.2, 0.25) is 0 Å². The van der Waals surface area contributed by atoms with Crippen molar-refractivity contribution < 1.29 is 4.79 Å². The first kappa shape index (κ1) is 13.6. The number of hydrogen-bond acceptors (Lipinski definition) is 5. The molecule has 0 aliphatic carbocycles. The molecule has 2 aromatic heterocycles. The first-order valence-corrected chi connectivity index (χ1v) is 7.36. The van der Waals surface area contributed by atoms with Crippen molar-refractivity contribution in [2.45, 2.75) is 13.0 Å². The van der Waals surface area contributed by atoms with E-state index in [0.717, 1.165) is 6.42 Å². The summed E-state index contributed by atoms with van der Waals surface area (Å²) in [5, 5.41) is 12.1. The van der Waals surface area contributed by atoms with E-state index in [1.165, 1.54) is 28.5 Å². The minimum atomic E-state index is -0.0999. The monoisotopic (exact) mass is 306 g/mol. The molecule has 4 rings (SSSR count). The molecule has 3 heterocycles. The van der Waals surface area contributed by atoms with Gasteiger partial charge in [-0.25, -0.2) is 9.67 Å². The Bertz CT molecular complexity index is 828. The minimum absolute atomic E-state index is 0.0999. The van der Waals surface area contributed by atoms with Crippen molar-refractivity contribution in [1.82, 2.24) is 29.9 Å². The fourth-order valence-electron chi connectivity index (χ4n) is 2.72. The maximum Gasteiger partial charge on any atom is 0.274 e. The topological polar surface area (TPSA) is 76.8 Å². The predicted octanol–water partition coefficient (Wildman–Crippen LogP) is 1.26. The van der Waals surface area contributed by atoms with Gasteiger partial charge in [0, 0.05) is 13.1 Å². The van der Waals surface area contributed by atoms with Crippen LogP contribution in [-0.2, 0) is 13.0 Å². The highest BCUT2D eigenvalue weighted by atomic mass is 16.2. The molecule has 0 spiro atoms. The number of benzene rings is 1. The number of hydrogen-bond donors (Lipinski definition) is 0. The Morgan fingerprint density at radius 3 is 2.65 bits per heavy atom. The molecule has 0 atom stereocenters. The zero-order chi connectivity index (χ0) is 15.6. The van der Waals surface area contributed by atoms with Gasteiger partial charge >= 0.3 is 0 Å². The molecule has 1 aliphatic heterocycles. The van der Waals surface area contributed by atoms with Gasteiger partial charge in [-0.05, 0) is 29.7 Å². The van der Waals surface area contributed by atoms with Crippen molar-refractivity contribution in [2.24, 2.45) is 0 Å². The number of nitrogens with zero attached hydrogens (tertiary/aromatic N) is 6. The third-order valence-electron chi connectivity index (χ3n) is 3.94. The SMILES string of the molecule is O=C(c1ccc(-n2cncn2)nn1)N1CCc2ccccc2C1. The Labute approximate surface area is 132 Å². The van der Waals surface area contributed by atoms with E-state index in [-0.39, 0.29) is 5.91 Å². The van der Waals surface area contributed by atoms with Gasteiger partial charge in [-0.1, -0.05) is 24.3 Å². The Morgan fingerprint density at radius 2 is 1.91 bits per heavy atom. The van der Waals surface area contributed by atoms with E-state index < -0.39 is 0 Å². The van der Waals surface area contributed by atoms with Crippen LogP contribution < -0.4 is 0 Å². The van der Waals surface area contributed by atoms with Crippen LogP contribution in [0.2, 0.25) is 0 Å². The molecule has 3 aromatic rings. The third kappa shape index (κ3) is 2.57. The second kappa shape index (κ2) is 5.60. The summed E-state index contributed by atoms with van der Waals surface area (Å²) >= 11 is 0. The van der Waals surface area contributed by atoms with Crippen molar-refractivity contribution in [3.05, 3.63) is 65.9 Å². The second-order valence-electron chi connectivity index (χ2n) is 5.36. The van der Waals surface area contributed by atoms with Gasteiger partial charge < -0.3 is 4.90 Å². The number of amides is 1. The molecule has 1 aliphatic rings. The predicted molar refractivity (Wildman–Crippen MR) is 81.8 cm³/mol. The van der Waals surface area contributed by atoms with E-state index in [0.29, 0.717) is 24.6 Å². The molecule has 0 bridgehead atoms. The zero-order valence-corrected chi connectivity index (χ0v) is 12.3. The van der Waals surface area contributed by atoms with Crippen molar-refractivity contribution in [1.29, 1.82) is 0 Å². The molecule has 1 aromatic carbocycles. The summed E-state index contributed by atoms with van der Waals surface area (Å²) in [5.41, 5.74) is 2.84. The van der Waals surface area contributed by atoms with E-state index in [2.05, 4.69) is 32.4 Å². The van der Waals surface area contributed by atoms with E-state index in [1.54, 1.807) is 12.1 Å². The van der Waals surface area contributed by atoms with Crippen LogP contribution in [0, 0.1) is 0 Å². The molecule has 0 saturated carbocycles. The van der Waals surface area contributed by atoms with Crippen molar-refractivity contribution in [2.75, 3.05) is 6.54 Å². The molecule has 0 fully saturated rings. The number of carbonyl (C=O) groups is 1. The van der Waals surface area contributed by atoms with Crippen LogP contribution in [0.15, 0.2) is 49.1 Å². The fraction of sp³-hybridized carbons (Fsp3) is 0.188. The molecule has 23 heavy (non-hydrogen) atoms. The summed E-state index contributed by atoms with van der Waals surface area (Å²) in [6.07, 6.45) is 3.82. The third-order valence-corrected chi connectivity index (χ3v) is 3.94. The number of aromatic nitrogens is 5. The van der Waals surface area contributed by atoms with E-state index >= 15 is 0 Å². The van der Waals surface area contributed by atoms with Gasteiger partial charge in [-0.2, -0.15) is 5.10 Å². The smallest absolute Gasteiger partial charge is 0.274 e. The summed E-state index contributed by atoms with van der Waals surface area (Å²) in [7, 11) is 0. The first-order valence-electron chi connectivity index (χ1n) is 7.36. The Hall–Kier alpha value is -3.09. The van der Waals surface area contributed by atoms with Crippen molar-refractivity contribution in [3.8, 4) is 5.82 Å². The minimum Gasteiger partial charge on any atom is -0.333 e. The number of rotatable bonds is 2. The first-order chi connectivity index (χ1) is 11.3. The van der Waals surface area contributed by atoms with Gasteiger partial charge in [0.1, 0.15) is 12.7 Å². The summed E-state index contributed by atoms with van der Waals surface area (Å²) < 4.78 is 1.50. The number of carbonyl (C=O) groups excluding carboxylic acids is 1. The molecule has 7 nitrogen and oxygen atoms in total. The van der Waals surface area contributed by atoms with Crippen LogP contribution in [0.3, 0.4) is 0 Å². The fourth-order valence-corrected chi connectivity index (χ4v) is 2.72. The van der Waals surface area contributed by atoms with Gasteiger partial charge in [-0.15, -0.1) is 10.2 Å². The van der Waals surface area contributed by atoms with Crippen LogP contribution in [0.5, 0.6) is 0 Å². The molecule has 0 unspecified atom stereocenters. The summed E-state index contributed by atoms with van der Waals surface area (Å²) in [6, 6.07) is 11.6. The molecule has 1 amide bonds. The summed E-state index contributed by atoms with van der Waals surface area (Å²) in [5.74, 6) is 0.431. The molecule has 0 radical (unpaired) electrons. The Kier molecular flexibility index (Phi) is 3.30. The summed E-state index contributed by atoms with van der Waals surface area (Å²) in [4.78, 5) is 18.3. The van der Waals surface area contributed by atoms with Crippen LogP contribution in [0.4, 0.5) is 0 Å². The molecule has 7 heteroatoms. The van der Waals surface area contributed by atoms with Gasteiger partial charge in [-0.3, -0.25) is 4.79 Å². The molecule has 0 saturated heterocycles. The largest absolute Gasteiger partial charge is 0.333 e. The standard InChI is InChI=1S/C16H14N6O/c23-16(21-8-7-12-3-1-2-4-13(12)9-21)14-5-6-15(20-19-14)22-11-17-10-18-22/h1-6,10-11H,7-9H2. The molecule has 114 valence electrons. The second-order valence-corrected chi connectivity index (χ2v) is 5.36. The highest BCUT2D eigenvalue weighted by molar-refractivity contribution is 5.92. The van der Waals surface area contributed by atoms with Crippen LogP contribution in [0.25, 0.3) is 5.82 Å². The van der Waals surface area contributed by atoms with Crippen LogP contribution >= 0.6 is 0 Å². The highest BCUT2D eigenvalue weighted by Gasteiger charge is 2.22. The van der Waals surface area contributed by atoms with Gasteiger partial charge in [0.15, 0.2) is 11.5 Å². The van der Waals surface area contributed by atoms with Crippen molar-refractivity contribution in [3.63, 3.8) is 0 Å². The van der Waals surface area contributed by atoms with Crippen LogP contribution in [0.1, 0.15) is 21.6 Å². The normalized spacial score (nSPS) is 13.7. The molecule has 0 N–H and O–H groups in total. The zero-order valence-electron chi connectivity index (χ0n) is 12.3. The Balaban J connectivity index is 1.53. The van der Waals surface area contributed by atoms with Crippen molar-refractivity contribution >= 4 is 5.91 Å². The average Bonchev–Trinajstić information content (AvgIpc) is 3.15. The Morgan fingerprint density at radius 1 is 1.04 bits per heavy atom. The van der Waals surface area contributed by atoms with E-state index in [9.17, 15) is 4.79 Å². The average molecular weight is 306 g/mol. The lowest BCUT2D eigenvalue weighted by Gasteiger charge is -2.28. The lowest BCUT2D eigenvalue weighted by Crippen LogP contribution is -2.36. The van der Waals surface area contributed by atoms with E-state index in [4.69, 9.17) is 0 Å². The molecular weight excluding hydrogens is 292 g/mol. The lowest BCUT2D eigenvalue weighted by molar-refractivity contribution is 0.0727.